The van der Waals surface area contributed by atoms with Crippen LogP contribution in [0, 0.1) is 44.8 Å². The number of hydrogen-bond acceptors (Lipinski definition) is 9. The number of nitrogens with one attached hydrogen (secondary N) is 1. The summed E-state index contributed by atoms with van der Waals surface area (Å²) in [5.41, 5.74) is 4.92. The van der Waals surface area contributed by atoms with Crippen LogP contribution in [0.3, 0.4) is 0 Å². The normalized spacial score (nSPS) is 14.4. The third-order valence-electron chi connectivity index (χ3n) is 7.98. The van der Waals surface area contributed by atoms with E-state index in [-0.39, 0.29) is 51.2 Å². The van der Waals surface area contributed by atoms with Gasteiger partial charge in [-0.15, -0.1) is 24.2 Å². The molecule has 1 saturated heterocycles. The van der Waals surface area contributed by atoms with E-state index in [1.54, 1.807) is 25.3 Å². The first-order valence-electron chi connectivity index (χ1n) is 15.7. The minimum absolute atomic E-state index is 0. The van der Waals surface area contributed by atoms with Gasteiger partial charge in [-0.05, 0) is 62.9 Å². The van der Waals surface area contributed by atoms with Crippen LogP contribution < -0.4 is 10.1 Å². The van der Waals surface area contributed by atoms with Crippen LogP contribution in [0.4, 0.5) is 10.1 Å². The summed E-state index contributed by atoms with van der Waals surface area (Å²) in [5, 5.41) is 13.0. The Labute approximate surface area is 317 Å². The third kappa shape index (κ3) is 13.4. The molecule has 3 rings (SSSR count). The average molecular weight is 751 g/mol. The first-order valence-corrected chi connectivity index (χ1v) is 17.0. The number of carbonyl (C=O) groups excluding carboxylic acids is 1. The predicted octanol–water partition coefficient (Wildman–Crippen LogP) is 6.53. The number of benzene rings is 2. The SMILES string of the molecule is C/C=C\N(C)C(Nc1ccc([C-]=O)c(C)c1)C(C)=N/C=C(\C)c1ccc(OCC#N)c(F)c1C.[CH2-]CN(C[CH2-])CCN1CC(SC)C1.[Y+3]. The molecule has 2 aromatic rings. The summed E-state index contributed by atoms with van der Waals surface area (Å²) in [6, 6.07) is 10.6. The fourth-order valence-electron chi connectivity index (χ4n) is 4.97. The Morgan fingerprint density at radius 3 is 2.52 bits per heavy atom. The molecule has 2 aromatic carbocycles. The first-order chi connectivity index (χ1) is 22.5. The number of ether oxygens (including phenoxy) is 1. The number of nitrogens with zero attached hydrogens (tertiary/aromatic N) is 5. The van der Waals surface area contributed by atoms with Crippen LogP contribution in [-0.2, 0) is 37.5 Å². The molecule has 1 fully saturated rings. The Hall–Kier alpha value is -2.55. The van der Waals surface area contributed by atoms with Gasteiger partial charge in [0, 0.05) is 50.4 Å². The zero-order valence-corrected chi connectivity index (χ0v) is 33.2. The van der Waals surface area contributed by atoms with Crippen molar-refractivity contribution in [3.05, 3.63) is 90.7 Å². The van der Waals surface area contributed by atoms with Crippen LogP contribution in [-0.4, -0.2) is 97.3 Å². The molecule has 0 aromatic heterocycles. The fourth-order valence-corrected chi connectivity index (χ4v) is 5.69. The standard InChI is InChI=1S/C27H30FN4O2.C10H20N2S.Y/c1-7-13-32(6)27(31-23-9-8-22(17-33)18(2)15-23)21(5)30-16-19(3)24-10-11-25(34-14-12-29)26(28)20(24)4;1-4-11(5-2)6-7-12-8-10(9-12)13-3;/h7-11,13,15-16,27,31H,14H2,1-6H3;10H,1-2,4-9H2,3H3;/q-1;-2;+3/b13-7-,19-16+,30-21?;;. The van der Waals surface area contributed by atoms with Gasteiger partial charge in [0.25, 0.3) is 0 Å². The molecule has 1 aliphatic heterocycles. The van der Waals surface area contributed by atoms with Crippen molar-refractivity contribution >= 4 is 35.0 Å². The smallest absolute Gasteiger partial charge is 0.476 e. The van der Waals surface area contributed by atoms with Crippen molar-refractivity contribution in [3.63, 3.8) is 0 Å². The van der Waals surface area contributed by atoms with Gasteiger partial charge in [-0.25, -0.2) is 4.39 Å². The van der Waals surface area contributed by atoms with E-state index in [1.165, 1.54) is 25.7 Å². The van der Waals surface area contributed by atoms with Gasteiger partial charge in [-0.3, -0.25) is 9.89 Å². The van der Waals surface area contributed by atoms with E-state index in [4.69, 9.17) is 10.00 Å². The summed E-state index contributed by atoms with van der Waals surface area (Å²) < 4.78 is 19.8. The van der Waals surface area contributed by atoms with Gasteiger partial charge in [-0.1, -0.05) is 31.2 Å². The van der Waals surface area contributed by atoms with Crippen molar-refractivity contribution in [3.8, 4) is 11.8 Å². The molecule has 48 heavy (non-hydrogen) atoms. The van der Waals surface area contributed by atoms with E-state index in [9.17, 15) is 9.18 Å². The molecule has 1 aliphatic rings. The molecular formula is C37H50FN6O2SY. The molecule has 0 radical (unpaired) electrons. The van der Waals surface area contributed by atoms with E-state index in [0.29, 0.717) is 16.7 Å². The minimum Gasteiger partial charge on any atom is -0.476 e. The Bertz CT molecular complexity index is 1430. The summed E-state index contributed by atoms with van der Waals surface area (Å²) in [6.45, 7) is 23.4. The van der Waals surface area contributed by atoms with Gasteiger partial charge < -0.3 is 38.5 Å². The second-order valence-electron chi connectivity index (χ2n) is 11.4. The van der Waals surface area contributed by atoms with Gasteiger partial charge in [0.1, 0.15) is 12.2 Å². The van der Waals surface area contributed by atoms with Crippen LogP contribution in [0.25, 0.3) is 5.57 Å². The van der Waals surface area contributed by atoms with E-state index in [0.717, 1.165) is 47.4 Å². The summed E-state index contributed by atoms with van der Waals surface area (Å²) in [4.78, 5) is 22.4. The van der Waals surface area contributed by atoms with Gasteiger partial charge in [0.2, 0.25) is 0 Å². The van der Waals surface area contributed by atoms with Gasteiger partial charge >= 0.3 is 32.7 Å². The summed E-state index contributed by atoms with van der Waals surface area (Å²) in [5.74, 6) is -0.430. The number of aliphatic imine (C=N–C) groups is 1. The maximum Gasteiger partial charge on any atom is 3.00 e. The largest absolute Gasteiger partial charge is 3.00 e. The number of hydrogen-bond donors (Lipinski definition) is 1. The molecule has 0 bridgehead atoms. The maximum atomic E-state index is 14.6. The van der Waals surface area contributed by atoms with Crippen LogP contribution >= 0.6 is 11.8 Å². The fraction of sp³-hybridized carbons (Fsp3) is 0.432. The number of nitriles is 1. The molecule has 0 saturated carbocycles. The number of rotatable bonds is 16. The second-order valence-corrected chi connectivity index (χ2v) is 12.5. The number of thioether (sulfide) groups is 1. The molecule has 1 heterocycles. The monoisotopic (exact) mass is 750 g/mol. The first kappa shape index (κ1) is 43.5. The van der Waals surface area contributed by atoms with E-state index in [1.807, 2.05) is 88.2 Å². The molecule has 1 unspecified atom stereocenters. The molecule has 1 N–H and O–H groups in total. The molecule has 0 spiro atoms. The predicted molar refractivity (Wildman–Crippen MR) is 196 cm³/mol. The van der Waals surface area contributed by atoms with E-state index < -0.39 is 5.82 Å². The van der Waals surface area contributed by atoms with E-state index >= 15 is 0 Å². The Kier molecular flexibility index (Phi) is 20.8. The van der Waals surface area contributed by atoms with Crippen molar-refractivity contribution < 1.29 is 46.6 Å². The molecule has 256 valence electrons. The summed E-state index contributed by atoms with van der Waals surface area (Å²) >= 11 is 1.98. The topological polar surface area (TPSA) is 84.2 Å². The van der Waals surface area contributed by atoms with Gasteiger partial charge in [0.15, 0.2) is 18.2 Å². The molecule has 0 aliphatic carbocycles. The van der Waals surface area contributed by atoms with Gasteiger partial charge in [-0.2, -0.15) is 23.1 Å². The van der Waals surface area contributed by atoms with Crippen molar-refractivity contribution in [2.45, 2.75) is 46.0 Å². The number of anilines is 1. The molecule has 0 amide bonds. The number of halogens is 1. The van der Waals surface area contributed by atoms with Crippen molar-refractivity contribution in [1.29, 1.82) is 5.26 Å². The Morgan fingerprint density at radius 1 is 1.27 bits per heavy atom. The van der Waals surface area contributed by atoms with Crippen LogP contribution in [0.1, 0.15) is 43.0 Å². The average Bonchev–Trinajstić information content (AvgIpc) is 3.04. The summed E-state index contributed by atoms with van der Waals surface area (Å²) in [6.07, 6.45) is 9.45. The van der Waals surface area contributed by atoms with Crippen LogP contribution in [0.2, 0.25) is 0 Å². The maximum absolute atomic E-state index is 14.6. The van der Waals surface area contributed by atoms with Crippen molar-refractivity contribution in [2.24, 2.45) is 4.99 Å². The Balaban J connectivity index is 0.000000689. The molecule has 8 nitrogen and oxygen atoms in total. The quantitative estimate of drug-likeness (QED) is 0.118. The molecule has 11 heteroatoms. The number of allylic oxidation sites excluding steroid dienone is 2. The van der Waals surface area contributed by atoms with Crippen LogP contribution in [0.5, 0.6) is 5.75 Å². The van der Waals surface area contributed by atoms with E-state index in [2.05, 4.69) is 40.2 Å². The number of aryl methyl sites for hydroxylation is 1. The zero-order chi connectivity index (χ0) is 34.9. The third-order valence-corrected chi connectivity index (χ3v) is 8.94. The van der Waals surface area contributed by atoms with Crippen molar-refractivity contribution in [1.82, 2.24) is 14.7 Å². The Morgan fingerprint density at radius 2 is 1.96 bits per heavy atom. The molecule has 1 atom stereocenters. The number of likely N-dealkylation sites (tertiary alicyclic amines) is 1. The van der Waals surface area contributed by atoms with Crippen molar-refractivity contribution in [2.75, 3.05) is 64.5 Å². The zero-order valence-electron chi connectivity index (χ0n) is 29.6. The second kappa shape index (κ2) is 23.0. The van der Waals surface area contributed by atoms with Crippen LogP contribution in [0.15, 0.2) is 53.8 Å². The molecular weight excluding hydrogens is 700 g/mol. The minimum atomic E-state index is -0.486. The summed E-state index contributed by atoms with van der Waals surface area (Å²) in [7, 11) is 1.94. The van der Waals surface area contributed by atoms with Gasteiger partial charge in [0.05, 0.1) is 12.0 Å².